The third-order valence-corrected chi connectivity index (χ3v) is 4.84. The largest absolute Gasteiger partial charge is 0.550 e. The van der Waals surface area contributed by atoms with Gasteiger partial charge in [0.05, 0.1) is 25.2 Å². The number of hydrogen-bond acceptors (Lipinski definition) is 4. The summed E-state index contributed by atoms with van der Waals surface area (Å²) in [6.45, 7) is -0.194. The number of esters is 1. The van der Waals surface area contributed by atoms with Crippen molar-refractivity contribution in [1.29, 1.82) is 0 Å². The van der Waals surface area contributed by atoms with Gasteiger partial charge >= 0.3 is 5.97 Å². The highest BCUT2D eigenvalue weighted by molar-refractivity contribution is 5.70. The first-order valence-electron chi connectivity index (χ1n) is 12.7. The van der Waals surface area contributed by atoms with E-state index in [0.717, 1.165) is 12.8 Å². The summed E-state index contributed by atoms with van der Waals surface area (Å²) in [6, 6.07) is 0. The number of carbonyl (C=O) groups excluding carboxylic acids is 2. The summed E-state index contributed by atoms with van der Waals surface area (Å²) < 4.78 is 27.5. The molecule has 0 saturated carbocycles. The molecule has 0 unspecified atom stereocenters. The molecule has 28 heavy (non-hydrogen) atoms. The summed E-state index contributed by atoms with van der Waals surface area (Å²) in [6.07, 6.45) is 14.5. The van der Waals surface area contributed by atoms with E-state index in [-0.39, 0.29) is 13.0 Å². The Balaban J connectivity index is 3.93. The van der Waals surface area contributed by atoms with E-state index in [1.54, 1.807) is 0 Å². The molecule has 0 radical (unpaired) electrons. The van der Waals surface area contributed by atoms with Gasteiger partial charge in [-0.3, -0.25) is 4.79 Å². The number of nitrogens with zero attached hydrogens (tertiary/aromatic N) is 1. The molecule has 1 atom stereocenters. The number of ether oxygens (including phenoxy) is 1. The van der Waals surface area contributed by atoms with Gasteiger partial charge in [0.2, 0.25) is 0 Å². The van der Waals surface area contributed by atoms with Crippen molar-refractivity contribution in [3.63, 3.8) is 0 Å². The molecule has 166 valence electrons. The fraction of sp³-hybridized carbons (Fsp3) is 0.913. The molecule has 0 N–H and O–H groups in total. The molecule has 0 aliphatic carbocycles. The van der Waals surface area contributed by atoms with E-state index in [1.165, 1.54) is 78.3 Å². The maximum atomic E-state index is 12.1. The number of quaternary nitrogens is 1. The summed E-state index contributed by atoms with van der Waals surface area (Å²) >= 11 is 0. The standard InChI is InChI=1S/C23H45NO4/c1-5-6-7-8-9-10-11-12-13-14-15-16-17-18-23(27)28-21(19-22(25)26)20-24(2,3)4/h21H,5-20H2,1-4H3/t21-/m1/s1/i2D3. The molecule has 0 saturated heterocycles. The number of hydrogen-bond donors (Lipinski definition) is 0. The minimum Gasteiger partial charge on any atom is -0.550 e. The fourth-order valence-electron chi connectivity index (χ4n) is 3.37. The van der Waals surface area contributed by atoms with E-state index >= 15 is 0 Å². The predicted molar refractivity (Wildman–Crippen MR) is 113 cm³/mol. The molecule has 0 heterocycles. The Labute approximate surface area is 177 Å². The van der Waals surface area contributed by atoms with Gasteiger partial charge in [-0.1, -0.05) is 84.0 Å². The molecule has 0 amide bonds. The first kappa shape index (κ1) is 21.6. The molecule has 0 fully saturated rings. The Hall–Kier alpha value is -1.10. The van der Waals surface area contributed by atoms with Crippen molar-refractivity contribution >= 4 is 11.9 Å². The number of carboxylic acid groups (broad SMARTS) is 1. The zero-order valence-electron chi connectivity index (χ0n) is 21.5. The highest BCUT2D eigenvalue weighted by Crippen LogP contribution is 2.13. The maximum absolute atomic E-state index is 12.1. The fourth-order valence-corrected chi connectivity index (χ4v) is 3.37. The number of aliphatic carboxylic acids is 1. The Bertz CT molecular complexity index is 496. The van der Waals surface area contributed by atoms with E-state index in [2.05, 4.69) is 6.92 Å². The van der Waals surface area contributed by atoms with Crippen LogP contribution in [0, 0.1) is 0 Å². The first-order chi connectivity index (χ1) is 14.5. The van der Waals surface area contributed by atoms with Crippen LogP contribution in [0.1, 0.15) is 107 Å². The normalized spacial score (nSPS) is 14.8. The molecule has 0 aliphatic heterocycles. The van der Waals surface area contributed by atoms with Gasteiger partial charge in [-0.05, 0) is 6.42 Å². The molecule has 5 heteroatoms. The second kappa shape index (κ2) is 16.8. The van der Waals surface area contributed by atoms with E-state index in [0.29, 0.717) is 6.42 Å². The van der Waals surface area contributed by atoms with Crippen LogP contribution < -0.4 is 5.11 Å². The van der Waals surface area contributed by atoms with E-state index in [9.17, 15) is 14.7 Å². The van der Waals surface area contributed by atoms with Crippen molar-refractivity contribution in [1.82, 2.24) is 0 Å². The number of carbonyl (C=O) groups is 2. The minimum atomic E-state index is -2.33. The molecule has 0 aromatic heterocycles. The third kappa shape index (κ3) is 19.7. The lowest BCUT2D eigenvalue weighted by Crippen LogP contribution is -2.45. The van der Waals surface area contributed by atoms with E-state index in [4.69, 9.17) is 8.85 Å². The summed E-state index contributed by atoms with van der Waals surface area (Å²) in [4.78, 5) is 23.1. The second-order valence-corrected chi connectivity index (χ2v) is 8.55. The van der Waals surface area contributed by atoms with Gasteiger partial charge in [0.15, 0.2) is 6.10 Å². The molecule has 0 aromatic carbocycles. The van der Waals surface area contributed by atoms with Crippen LogP contribution in [0.5, 0.6) is 0 Å². The SMILES string of the molecule is [2H]C([2H])([2H])[N+](C)(C)C[C@@H](CC(=O)[O-])OC(=O)CCCCCCCCCCCCCCC. The van der Waals surface area contributed by atoms with Gasteiger partial charge in [-0.15, -0.1) is 0 Å². The maximum Gasteiger partial charge on any atom is 0.306 e. The van der Waals surface area contributed by atoms with E-state index < -0.39 is 35.9 Å². The topological polar surface area (TPSA) is 66.4 Å². The van der Waals surface area contributed by atoms with Crippen LogP contribution in [0.3, 0.4) is 0 Å². The zero-order valence-corrected chi connectivity index (χ0v) is 18.5. The van der Waals surface area contributed by atoms with Crippen LogP contribution in [0.25, 0.3) is 0 Å². The van der Waals surface area contributed by atoms with Crippen molar-refractivity contribution in [2.24, 2.45) is 0 Å². The number of rotatable bonds is 19. The highest BCUT2D eigenvalue weighted by atomic mass is 16.5. The van der Waals surface area contributed by atoms with Crippen LogP contribution in [-0.2, 0) is 14.3 Å². The zero-order chi connectivity index (χ0) is 23.8. The van der Waals surface area contributed by atoms with Crippen molar-refractivity contribution in [2.75, 3.05) is 27.6 Å². The summed E-state index contributed by atoms with van der Waals surface area (Å²) in [5, 5.41) is 11.0. The van der Waals surface area contributed by atoms with Crippen LogP contribution >= 0.6 is 0 Å². The highest BCUT2D eigenvalue weighted by Gasteiger charge is 2.22. The molecule has 0 rings (SSSR count). The van der Waals surface area contributed by atoms with Gasteiger partial charge < -0.3 is 19.1 Å². The molecule has 0 spiro atoms. The molecule has 5 nitrogen and oxygen atoms in total. The monoisotopic (exact) mass is 402 g/mol. The van der Waals surface area contributed by atoms with Crippen molar-refractivity contribution in [2.45, 2.75) is 109 Å². The van der Waals surface area contributed by atoms with Crippen LogP contribution in [0.15, 0.2) is 0 Å². The van der Waals surface area contributed by atoms with Crippen molar-refractivity contribution in [3.8, 4) is 0 Å². The first-order valence-corrected chi connectivity index (χ1v) is 11.2. The molecule has 0 aromatic rings. The summed E-state index contributed by atoms with van der Waals surface area (Å²) in [5.74, 6) is -1.83. The van der Waals surface area contributed by atoms with Gasteiger partial charge in [0.25, 0.3) is 0 Å². The smallest absolute Gasteiger partial charge is 0.306 e. The lowest BCUT2D eigenvalue weighted by Gasteiger charge is -2.29. The average Bonchev–Trinajstić information content (AvgIpc) is 2.63. The van der Waals surface area contributed by atoms with Gasteiger partial charge in [0.1, 0.15) is 6.54 Å². The Morgan fingerprint density at radius 3 is 1.79 bits per heavy atom. The Morgan fingerprint density at radius 2 is 1.36 bits per heavy atom. The Morgan fingerprint density at radius 1 is 0.893 bits per heavy atom. The summed E-state index contributed by atoms with van der Waals surface area (Å²) in [5.41, 5.74) is 0. The minimum absolute atomic E-state index is 0.102. The molecule has 0 aliphatic rings. The second-order valence-electron chi connectivity index (χ2n) is 8.55. The quantitative estimate of drug-likeness (QED) is 0.184. The van der Waals surface area contributed by atoms with Gasteiger partial charge in [-0.2, -0.15) is 0 Å². The summed E-state index contributed by atoms with van der Waals surface area (Å²) in [7, 11) is 2.94. The number of unbranched alkanes of at least 4 members (excludes halogenated alkanes) is 12. The van der Waals surface area contributed by atoms with Crippen molar-refractivity contribution in [3.05, 3.63) is 0 Å². The van der Waals surface area contributed by atoms with Crippen molar-refractivity contribution < 1.29 is 28.0 Å². The van der Waals surface area contributed by atoms with Crippen LogP contribution in [0.2, 0.25) is 0 Å². The lowest BCUT2D eigenvalue weighted by atomic mass is 10.0. The Kier molecular flexibility index (Phi) is 13.0. The predicted octanol–water partition coefficient (Wildman–Crippen LogP) is 4.23. The van der Waals surface area contributed by atoms with Crippen LogP contribution in [0.4, 0.5) is 0 Å². The number of carboxylic acids is 1. The van der Waals surface area contributed by atoms with E-state index in [1.807, 2.05) is 0 Å². The number of likely N-dealkylation sites (N-methyl/N-ethyl adjacent to an activating group) is 1. The molecule has 0 bridgehead atoms. The average molecular weight is 403 g/mol. The van der Waals surface area contributed by atoms with Crippen LogP contribution in [-0.4, -0.2) is 50.1 Å². The van der Waals surface area contributed by atoms with Gasteiger partial charge in [-0.25, -0.2) is 0 Å². The van der Waals surface area contributed by atoms with Gasteiger partial charge in [0, 0.05) is 18.8 Å². The third-order valence-electron chi connectivity index (χ3n) is 4.84. The molecular weight excluding hydrogens is 354 g/mol. The lowest BCUT2D eigenvalue weighted by molar-refractivity contribution is -0.873. The molecular formula is C23H45NO4.